The van der Waals surface area contributed by atoms with E-state index in [1.807, 2.05) is 14.1 Å². The second-order valence-corrected chi connectivity index (χ2v) is 5.22. The number of nitrogens with one attached hydrogen (secondary N) is 1. The van der Waals surface area contributed by atoms with Crippen LogP contribution in [-0.2, 0) is 4.79 Å². The normalized spacial score (nSPS) is 19.2. The van der Waals surface area contributed by atoms with Gasteiger partial charge in [-0.05, 0) is 26.9 Å². The van der Waals surface area contributed by atoms with Crippen molar-refractivity contribution in [2.45, 2.75) is 50.2 Å². The number of carbonyl (C=O) groups is 1. The summed E-state index contributed by atoms with van der Waals surface area (Å²) >= 11 is 0. The molecule has 1 N–H and O–H groups in total. The molecular formula is C12H21F3N2O. The minimum Gasteiger partial charge on any atom is -0.354 e. The monoisotopic (exact) mass is 266 g/mol. The molecule has 0 bridgehead atoms. The Hall–Kier alpha value is -0.780. The molecule has 3 nitrogen and oxygen atoms in total. The molecular weight excluding hydrogens is 245 g/mol. The highest BCUT2D eigenvalue weighted by Gasteiger charge is 2.36. The van der Waals surface area contributed by atoms with E-state index in [0.29, 0.717) is 6.54 Å². The third kappa shape index (κ3) is 4.48. The summed E-state index contributed by atoms with van der Waals surface area (Å²) in [7, 11) is 3.90. The van der Waals surface area contributed by atoms with Crippen LogP contribution in [0, 0.1) is 0 Å². The lowest BCUT2D eigenvalue weighted by Gasteiger charge is -2.36. The quantitative estimate of drug-likeness (QED) is 0.828. The number of likely N-dealkylation sites (N-methyl/N-ethyl adjacent to an activating group) is 1. The van der Waals surface area contributed by atoms with Gasteiger partial charge in [0.1, 0.15) is 0 Å². The lowest BCUT2D eigenvalue weighted by atomic mass is 9.96. The zero-order valence-corrected chi connectivity index (χ0v) is 10.9. The number of rotatable bonds is 5. The summed E-state index contributed by atoms with van der Waals surface area (Å²) in [5, 5.41) is 2.64. The second-order valence-electron chi connectivity index (χ2n) is 5.22. The molecule has 106 valence electrons. The lowest BCUT2D eigenvalue weighted by Crippen LogP contribution is -2.50. The summed E-state index contributed by atoms with van der Waals surface area (Å²) in [6, 6.07) is 0. The first-order valence-electron chi connectivity index (χ1n) is 6.26. The number of carbonyl (C=O) groups excluding carboxylic acids is 1. The van der Waals surface area contributed by atoms with Crippen molar-refractivity contribution in [2.24, 2.45) is 0 Å². The smallest absolute Gasteiger partial charge is 0.354 e. The largest absolute Gasteiger partial charge is 0.389 e. The van der Waals surface area contributed by atoms with Crippen molar-refractivity contribution in [3.8, 4) is 0 Å². The maximum atomic E-state index is 12.0. The van der Waals surface area contributed by atoms with Gasteiger partial charge in [0, 0.05) is 18.5 Å². The van der Waals surface area contributed by atoms with Crippen LogP contribution in [0.4, 0.5) is 13.2 Å². The van der Waals surface area contributed by atoms with E-state index in [1.165, 1.54) is 0 Å². The standard InChI is InChI=1S/C12H21F3N2O/c1-17(2)11(6-3-4-7-11)9-16-10(18)5-8-12(13,14)15/h3-9H2,1-2H3,(H,16,18). The molecule has 1 amide bonds. The second kappa shape index (κ2) is 5.91. The minimum absolute atomic E-state index is 0.0755. The molecule has 0 saturated heterocycles. The minimum atomic E-state index is -4.26. The topological polar surface area (TPSA) is 32.3 Å². The van der Waals surface area contributed by atoms with Crippen molar-refractivity contribution in [2.75, 3.05) is 20.6 Å². The van der Waals surface area contributed by atoms with Gasteiger partial charge in [-0.3, -0.25) is 4.79 Å². The zero-order valence-electron chi connectivity index (χ0n) is 10.9. The Morgan fingerprint density at radius 3 is 2.28 bits per heavy atom. The number of alkyl halides is 3. The number of hydrogen-bond donors (Lipinski definition) is 1. The molecule has 0 aromatic rings. The van der Waals surface area contributed by atoms with Gasteiger partial charge in [-0.1, -0.05) is 12.8 Å². The highest BCUT2D eigenvalue weighted by Crippen LogP contribution is 2.33. The van der Waals surface area contributed by atoms with Crippen LogP contribution in [0.2, 0.25) is 0 Å². The molecule has 0 radical (unpaired) electrons. The molecule has 0 spiro atoms. The van der Waals surface area contributed by atoms with Gasteiger partial charge in [-0.15, -0.1) is 0 Å². The van der Waals surface area contributed by atoms with Crippen molar-refractivity contribution in [1.82, 2.24) is 10.2 Å². The summed E-state index contributed by atoms with van der Waals surface area (Å²) in [4.78, 5) is 13.5. The van der Waals surface area contributed by atoms with E-state index in [-0.39, 0.29) is 5.54 Å². The first-order chi connectivity index (χ1) is 8.25. The first-order valence-corrected chi connectivity index (χ1v) is 6.26. The van der Waals surface area contributed by atoms with E-state index in [4.69, 9.17) is 0 Å². The maximum absolute atomic E-state index is 12.0. The Bertz CT molecular complexity index is 284. The predicted molar refractivity (Wildman–Crippen MR) is 63.2 cm³/mol. The van der Waals surface area contributed by atoms with Gasteiger partial charge >= 0.3 is 6.18 Å². The Labute approximate surface area is 106 Å². The number of nitrogens with zero attached hydrogens (tertiary/aromatic N) is 1. The van der Waals surface area contributed by atoms with Crippen molar-refractivity contribution in [3.63, 3.8) is 0 Å². The van der Waals surface area contributed by atoms with Crippen molar-refractivity contribution in [3.05, 3.63) is 0 Å². The highest BCUT2D eigenvalue weighted by atomic mass is 19.4. The number of halogens is 3. The Morgan fingerprint density at radius 1 is 1.28 bits per heavy atom. The van der Waals surface area contributed by atoms with E-state index in [9.17, 15) is 18.0 Å². The van der Waals surface area contributed by atoms with Gasteiger partial charge in [0.25, 0.3) is 0 Å². The molecule has 6 heteroatoms. The summed E-state index contributed by atoms with van der Waals surface area (Å²) in [5.41, 5.74) is -0.0755. The summed E-state index contributed by atoms with van der Waals surface area (Å²) in [5.74, 6) is -0.513. The van der Waals surface area contributed by atoms with Gasteiger partial charge in [-0.25, -0.2) is 0 Å². The van der Waals surface area contributed by atoms with Crippen LogP contribution in [0.3, 0.4) is 0 Å². The van der Waals surface area contributed by atoms with Gasteiger partial charge in [0.2, 0.25) is 5.91 Å². The van der Waals surface area contributed by atoms with Crippen LogP contribution < -0.4 is 5.32 Å². The van der Waals surface area contributed by atoms with Gasteiger partial charge in [0.15, 0.2) is 0 Å². The van der Waals surface area contributed by atoms with Crippen LogP contribution in [0.15, 0.2) is 0 Å². The predicted octanol–water partition coefficient (Wildman–Crippen LogP) is 2.32. The van der Waals surface area contributed by atoms with E-state index in [1.54, 1.807) is 0 Å². The molecule has 1 saturated carbocycles. The molecule has 0 aliphatic heterocycles. The molecule has 1 fully saturated rings. The molecule has 1 aliphatic carbocycles. The summed E-state index contributed by atoms with van der Waals surface area (Å²) in [6.45, 7) is 0.441. The first kappa shape index (κ1) is 15.3. The van der Waals surface area contributed by atoms with E-state index in [0.717, 1.165) is 25.7 Å². The van der Waals surface area contributed by atoms with Crippen LogP contribution in [-0.4, -0.2) is 43.2 Å². The summed E-state index contributed by atoms with van der Waals surface area (Å²) in [6.07, 6.45) is -1.60. The Kier molecular flexibility index (Phi) is 5.01. The number of amides is 1. The SMILES string of the molecule is CN(C)C1(CNC(=O)CCC(F)(F)F)CCCC1. The fourth-order valence-electron chi connectivity index (χ4n) is 2.42. The Balaban J connectivity index is 2.37. The van der Waals surface area contributed by atoms with Crippen molar-refractivity contribution < 1.29 is 18.0 Å². The van der Waals surface area contributed by atoms with Crippen LogP contribution in [0.1, 0.15) is 38.5 Å². The average molecular weight is 266 g/mol. The van der Waals surface area contributed by atoms with Gasteiger partial charge in [-0.2, -0.15) is 13.2 Å². The fraction of sp³-hybridized carbons (Fsp3) is 0.917. The van der Waals surface area contributed by atoms with E-state index >= 15 is 0 Å². The molecule has 0 atom stereocenters. The molecule has 0 aromatic heterocycles. The molecule has 0 aromatic carbocycles. The van der Waals surface area contributed by atoms with Gasteiger partial charge < -0.3 is 10.2 Å². The van der Waals surface area contributed by atoms with E-state index in [2.05, 4.69) is 10.2 Å². The zero-order chi connectivity index (χ0) is 13.8. The van der Waals surface area contributed by atoms with Crippen LogP contribution in [0.5, 0.6) is 0 Å². The molecule has 18 heavy (non-hydrogen) atoms. The lowest BCUT2D eigenvalue weighted by molar-refractivity contribution is -0.144. The molecule has 1 aliphatic rings. The molecule has 0 heterocycles. The van der Waals surface area contributed by atoms with Crippen molar-refractivity contribution in [1.29, 1.82) is 0 Å². The summed E-state index contributed by atoms with van der Waals surface area (Å²) < 4.78 is 35.9. The average Bonchev–Trinajstić information content (AvgIpc) is 2.72. The van der Waals surface area contributed by atoms with E-state index < -0.39 is 24.9 Å². The van der Waals surface area contributed by atoms with Crippen LogP contribution in [0.25, 0.3) is 0 Å². The maximum Gasteiger partial charge on any atom is 0.389 e. The number of hydrogen-bond acceptors (Lipinski definition) is 2. The third-order valence-corrected chi connectivity index (χ3v) is 3.73. The molecule has 0 unspecified atom stereocenters. The van der Waals surface area contributed by atoms with Crippen molar-refractivity contribution >= 4 is 5.91 Å². The third-order valence-electron chi connectivity index (χ3n) is 3.73. The molecule has 1 rings (SSSR count). The van der Waals surface area contributed by atoms with Crippen LogP contribution >= 0.6 is 0 Å². The highest BCUT2D eigenvalue weighted by molar-refractivity contribution is 5.76. The van der Waals surface area contributed by atoms with Gasteiger partial charge in [0.05, 0.1) is 6.42 Å². The Morgan fingerprint density at radius 2 is 1.83 bits per heavy atom. The fourth-order valence-corrected chi connectivity index (χ4v) is 2.42.